The number of fused-ring (bicyclic) bond motifs is 1. The number of ether oxygens (including phenoxy) is 1. The number of carbonyl (C=O) groups is 1. The van der Waals surface area contributed by atoms with E-state index in [1.54, 1.807) is 0 Å². The van der Waals surface area contributed by atoms with Crippen molar-refractivity contribution in [3.05, 3.63) is 48.0 Å². The van der Waals surface area contributed by atoms with Crippen LogP contribution < -0.4 is 16.4 Å². The number of nitrogens with one attached hydrogen (secondary N) is 2. The summed E-state index contributed by atoms with van der Waals surface area (Å²) in [5.41, 5.74) is 6.88. The van der Waals surface area contributed by atoms with Crippen molar-refractivity contribution >= 4 is 16.7 Å². The molecule has 5 nitrogen and oxygen atoms in total. The Morgan fingerprint density at radius 2 is 2.14 bits per heavy atom. The number of amides is 1. The van der Waals surface area contributed by atoms with Gasteiger partial charge in [-0.05, 0) is 22.4 Å². The molecule has 0 saturated carbocycles. The van der Waals surface area contributed by atoms with Crippen LogP contribution in [0.5, 0.6) is 0 Å². The molecular weight excluding hydrogens is 278 g/mol. The molecule has 116 valence electrons. The predicted molar refractivity (Wildman–Crippen MR) is 86.5 cm³/mol. The van der Waals surface area contributed by atoms with Crippen molar-refractivity contribution in [2.75, 3.05) is 26.3 Å². The lowest BCUT2D eigenvalue weighted by molar-refractivity contribution is -0.126. The Bertz CT molecular complexity index is 653. The number of hydrogen-bond acceptors (Lipinski definition) is 4. The summed E-state index contributed by atoms with van der Waals surface area (Å²) in [5.74, 6) is -0.0664. The molecule has 1 amide bonds. The molecule has 0 spiro atoms. The average molecular weight is 299 g/mol. The third kappa shape index (κ3) is 3.27. The van der Waals surface area contributed by atoms with Gasteiger partial charge < -0.3 is 21.1 Å². The molecule has 22 heavy (non-hydrogen) atoms. The first-order chi connectivity index (χ1) is 10.8. The SMILES string of the molecule is NCC(NC(=O)C1COCCN1)c1ccc2ccccc2c1. The van der Waals surface area contributed by atoms with Gasteiger partial charge in [0.15, 0.2) is 0 Å². The standard InChI is InChI=1S/C17H21N3O2/c18-10-15(20-17(21)16-11-22-8-7-19-16)14-6-5-12-3-1-2-4-13(12)9-14/h1-6,9,15-16,19H,7-8,10-11,18H2,(H,20,21). The highest BCUT2D eigenvalue weighted by molar-refractivity contribution is 5.84. The number of morpholine rings is 1. The number of carbonyl (C=O) groups excluding carboxylic acids is 1. The lowest BCUT2D eigenvalue weighted by atomic mass is 10.0. The molecule has 1 saturated heterocycles. The smallest absolute Gasteiger partial charge is 0.240 e. The van der Waals surface area contributed by atoms with Crippen LogP contribution in [0.1, 0.15) is 11.6 Å². The van der Waals surface area contributed by atoms with E-state index in [9.17, 15) is 4.79 Å². The molecule has 2 aromatic rings. The second-order valence-electron chi connectivity index (χ2n) is 5.49. The van der Waals surface area contributed by atoms with Crippen LogP contribution in [0.2, 0.25) is 0 Å². The highest BCUT2D eigenvalue weighted by Crippen LogP contribution is 2.20. The van der Waals surface area contributed by atoms with Crippen molar-refractivity contribution in [1.29, 1.82) is 0 Å². The van der Waals surface area contributed by atoms with Crippen LogP contribution in [0, 0.1) is 0 Å². The van der Waals surface area contributed by atoms with E-state index in [2.05, 4.69) is 34.9 Å². The normalized spacial score (nSPS) is 19.8. The van der Waals surface area contributed by atoms with Crippen LogP contribution in [0.3, 0.4) is 0 Å². The van der Waals surface area contributed by atoms with Crippen molar-refractivity contribution in [1.82, 2.24) is 10.6 Å². The molecule has 1 aliphatic rings. The van der Waals surface area contributed by atoms with Crippen molar-refractivity contribution in [3.8, 4) is 0 Å². The second kappa shape index (κ2) is 6.87. The minimum atomic E-state index is -0.303. The zero-order valence-corrected chi connectivity index (χ0v) is 12.4. The molecule has 3 rings (SSSR count). The first-order valence-electron chi connectivity index (χ1n) is 7.58. The van der Waals surface area contributed by atoms with E-state index in [4.69, 9.17) is 10.5 Å². The molecule has 1 aliphatic heterocycles. The third-order valence-corrected chi connectivity index (χ3v) is 3.97. The lowest BCUT2D eigenvalue weighted by Gasteiger charge is -2.26. The van der Waals surface area contributed by atoms with Gasteiger partial charge in [-0.25, -0.2) is 0 Å². The molecule has 2 unspecified atom stereocenters. The summed E-state index contributed by atoms with van der Waals surface area (Å²) in [5, 5.41) is 8.48. The molecule has 1 heterocycles. The van der Waals surface area contributed by atoms with E-state index in [-0.39, 0.29) is 18.0 Å². The average Bonchev–Trinajstić information content (AvgIpc) is 2.59. The monoisotopic (exact) mass is 299 g/mol. The molecule has 2 aromatic carbocycles. The molecule has 1 fully saturated rings. The molecule has 0 aliphatic carbocycles. The van der Waals surface area contributed by atoms with E-state index in [0.29, 0.717) is 26.3 Å². The zero-order chi connectivity index (χ0) is 15.4. The van der Waals surface area contributed by atoms with Crippen LogP contribution >= 0.6 is 0 Å². The Hall–Kier alpha value is -1.95. The van der Waals surface area contributed by atoms with Crippen LogP contribution in [-0.2, 0) is 9.53 Å². The minimum Gasteiger partial charge on any atom is -0.378 e. The fourth-order valence-corrected chi connectivity index (χ4v) is 2.71. The molecule has 4 N–H and O–H groups in total. The molecular formula is C17H21N3O2. The van der Waals surface area contributed by atoms with Gasteiger partial charge in [-0.3, -0.25) is 4.79 Å². The zero-order valence-electron chi connectivity index (χ0n) is 12.4. The summed E-state index contributed by atoms with van der Waals surface area (Å²) < 4.78 is 5.33. The van der Waals surface area contributed by atoms with E-state index < -0.39 is 0 Å². The Balaban J connectivity index is 1.75. The van der Waals surface area contributed by atoms with Gasteiger partial charge in [0.1, 0.15) is 6.04 Å². The van der Waals surface area contributed by atoms with Crippen LogP contribution in [0.15, 0.2) is 42.5 Å². The molecule has 0 radical (unpaired) electrons. The Morgan fingerprint density at radius 3 is 2.86 bits per heavy atom. The third-order valence-electron chi connectivity index (χ3n) is 3.97. The van der Waals surface area contributed by atoms with Crippen LogP contribution in [0.25, 0.3) is 10.8 Å². The fraction of sp³-hybridized carbons (Fsp3) is 0.353. The van der Waals surface area contributed by atoms with Crippen molar-refractivity contribution in [2.24, 2.45) is 5.73 Å². The van der Waals surface area contributed by atoms with E-state index in [0.717, 1.165) is 10.9 Å². The lowest BCUT2D eigenvalue weighted by Crippen LogP contribution is -2.52. The van der Waals surface area contributed by atoms with E-state index in [1.807, 2.05) is 18.2 Å². The summed E-state index contributed by atoms with van der Waals surface area (Å²) in [4.78, 5) is 12.3. The largest absolute Gasteiger partial charge is 0.378 e. The maximum Gasteiger partial charge on any atom is 0.240 e. The van der Waals surface area contributed by atoms with Gasteiger partial charge >= 0.3 is 0 Å². The van der Waals surface area contributed by atoms with Gasteiger partial charge in [-0.2, -0.15) is 0 Å². The van der Waals surface area contributed by atoms with Crippen LogP contribution in [-0.4, -0.2) is 38.3 Å². The minimum absolute atomic E-state index is 0.0664. The summed E-state index contributed by atoms with van der Waals surface area (Å²) in [7, 11) is 0. The first-order valence-corrected chi connectivity index (χ1v) is 7.58. The Morgan fingerprint density at radius 1 is 1.32 bits per heavy atom. The molecule has 2 atom stereocenters. The quantitative estimate of drug-likeness (QED) is 0.785. The van der Waals surface area contributed by atoms with Crippen molar-refractivity contribution < 1.29 is 9.53 Å². The molecule has 0 aromatic heterocycles. The van der Waals surface area contributed by atoms with E-state index >= 15 is 0 Å². The Labute approximate surface area is 129 Å². The van der Waals surface area contributed by atoms with Gasteiger partial charge in [0.05, 0.1) is 19.3 Å². The van der Waals surface area contributed by atoms with Gasteiger partial charge in [0.2, 0.25) is 5.91 Å². The first kappa shape index (κ1) is 15.0. The molecule has 0 bridgehead atoms. The summed E-state index contributed by atoms with van der Waals surface area (Å²) in [6, 6.07) is 13.8. The van der Waals surface area contributed by atoms with Gasteiger partial charge in [0, 0.05) is 13.1 Å². The molecule has 5 heteroatoms. The summed E-state index contributed by atoms with van der Waals surface area (Å²) in [6.45, 7) is 2.11. The van der Waals surface area contributed by atoms with E-state index in [1.165, 1.54) is 5.39 Å². The van der Waals surface area contributed by atoms with Crippen molar-refractivity contribution in [2.45, 2.75) is 12.1 Å². The maximum absolute atomic E-state index is 12.3. The number of hydrogen-bond donors (Lipinski definition) is 3. The van der Waals surface area contributed by atoms with Gasteiger partial charge in [-0.15, -0.1) is 0 Å². The fourth-order valence-electron chi connectivity index (χ4n) is 2.71. The topological polar surface area (TPSA) is 76.4 Å². The highest BCUT2D eigenvalue weighted by Gasteiger charge is 2.23. The van der Waals surface area contributed by atoms with Gasteiger partial charge in [-0.1, -0.05) is 36.4 Å². The summed E-state index contributed by atoms with van der Waals surface area (Å²) in [6.07, 6.45) is 0. The Kier molecular flexibility index (Phi) is 4.68. The second-order valence-corrected chi connectivity index (χ2v) is 5.49. The maximum atomic E-state index is 12.3. The predicted octanol–water partition coefficient (Wildman–Crippen LogP) is 0.944. The highest BCUT2D eigenvalue weighted by atomic mass is 16.5. The van der Waals surface area contributed by atoms with Gasteiger partial charge in [0.25, 0.3) is 0 Å². The summed E-state index contributed by atoms with van der Waals surface area (Å²) >= 11 is 0. The van der Waals surface area contributed by atoms with Crippen LogP contribution in [0.4, 0.5) is 0 Å². The number of nitrogens with two attached hydrogens (primary N) is 1. The number of rotatable bonds is 4. The van der Waals surface area contributed by atoms with Crippen molar-refractivity contribution in [3.63, 3.8) is 0 Å². The number of benzene rings is 2.